The van der Waals surface area contributed by atoms with Crippen LogP contribution < -0.4 is 0 Å². The molecular weight excluding hydrogens is 256 g/mol. The molecule has 1 atom stereocenters. The number of hydrogen-bond donors (Lipinski definition) is 1. The van der Waals surface area contributed by atoms with Gasteiger partial charge >= 0.3 is 5.97 Å². The average Bonchev–Trinajstić information content (AvgIpc) is 3.15. The van der Waals surface area contributed by atoms with E-state index in [0.717, 1.165) is 24.0 Å². The molecule has 3 rings (SSSR count). The van der Waals surface area contributed by atoms with Crippen molar-refractivity contribution >= 4 is 5.97 Å². The zero-order valence-electron chi connectivity index (χ0n) is 11.2. The van der Waals surface area contributed by atoms with Crippen LogP contribution in [0.15, 0.2) is 28.7 Å². The molecule has 1 N–H and O–H groups in total. The molecule has 1 aromatic heterocycles. The van der Waals surface area contributed by atoms with Crippen molar-refractivity contribution in [3.8, 4) is 0 Å². The third kappa shape index (κ3) is 2.57. The molecule has 1 saturated carbocycles. The van der Waals surface area contributed by atoms with Crippen LogP contribution in [0.2, 0.25) is 0 Å². The van der Waals surface area contributed by atoms with Crippen LogP contribution in [0.3, 0.4) is 0 Å². The van der Waals surface area contributed by atoms with Crippen molar-refractivity contribution in [1.82, 2.24) is 10.2 Å². The standard InChI is InChI=1S/C15H16N2O3/c1-9-4-2-3-5-11(9)12(8-13(18)19)15-17-16-14(20-15)10-6-7-10/h2-5,10,12H,6-8H2,1H3,(H,18,19). The van der Waals surface area contributed by atoms with Crippen molar-refractivity contribution in [3.05, 3.63) is 47.2 Å². The molecule has 1 aliphatic rings. The number of rotatable bonds is 5. The first-order valence-corrected chi connectivity index (χ1v) is 6.75. The van der Waals surface area contributed by atoms with Crippen molar-refractivity contribution in [3.63, 3.8) is 0 Å². The van der Waals surface area contributed by atoms with Crippen LogP contribution in [0.25, 0.3) is 0 Å². The Morgan fingerprint density at radius 3 is 2.80 bits per heavy atom. The maximum atomic E-state index is 11.1. The fourth-order valence-corrected chi connectivity index (χ4v) is 2.37. The van der Waals surface area contributed by atoms with Gasteiger partial charge in [-0.3, -0.25) is 4.79 Å². The molecule has 0 saturated heterocycles. The predicted octanol–water partition coefficient (Wildman–Crippen LogP) is 2.86. The first-order chi connectivity index (χ1) is 9.65. The lowest BCUT2D eigenvalue weighted by Gasteiger charge is -2.13. The first kappa shape index (κ1) is 12.8. The van der Waals surface area contributed by atoms with Crippen LogP contribution in [-0.4, -0.2) is 21.3 Å². The van der Waals surface area contributed by atoms with Gasteiger partial charge in [-0.15, -0.1) is 10.2 Å². The van der Waals surface area contributed by atoms with Crippen LogP contribution in [0.1, 0.15) is 54.0 Å². The summed E-state index contributed by atoms with van der Waals surface area (Å²) in [5, 5.41) is 17.3. The zero-order chi connectivity index (χ0) is 14.1. The molecule has 1 aromatic carbocycles. The SMILES string of the molecule is Cc1ccccc1C(CC(=O)O)c1nnc(C2CC2)o1. The summed E-state index contributed by atoms with van der Waals surface area (Å²) in [6, 6.07) is 7.71. The molecule has 0 spiro atoms. The predicted molar refractivity (Wildman–Crippen MR) is 71.5 cm³/mol. The maximum Gasteiger partial charge on any atom is 0.304 e. The van der Waals surface area contributed by atoms with E-state index in [2.05, 4.69) is 10.2 Å². The first-order valence-electron chi connectivity index (χ1n) is 6.75. The third-order valence-electron chi connectivity index (χ3n) is 3.62. The number of hydrogen-bond acceptors (Lipinski definition) is 4. The lowest BCUT2D eigenvalue weighted by Crippen LogP contribution is -2.09. The molecule has 1 unspecified atom stereocenters. The molecule has 1 fully saturated rings. The lowest BCUT2D eigenvalue weighted by molar-refractivity contribution is -0.137. The van der Waals surface area contributed by atoms with Gasteiger partial charge in [0.15, 0.2) is 0 Å². The molecule has 0 amide bonds. The highest BCUT2D eigenvalue weighted by Gasteiger charge is 2.32. The van der Waals surface area contributed by atoms with Gasteiger partial charge in [0.2, 0.25) is 11.8 Å². The maximum absolute atomic E-state index is 11.1. The van der Waals surface area contributed by atoms with Gasteiger partial charge in [0.25, 0.3) is 0 Å². The van der Waals surface area contributed by atoms with E-state index in [4.69, 9.17) is 9.52 Å². The molecule has 104 valence electrons. The minimum absolute atomic E-state index is 0.0445. The van der Waals surface area contributed by atoms with Crippen molar-refractivity contribution < 1.29 is 14.3 Å². The number of aliphatic carboxylic acids is 1. The van der Waals surface area contributed by atoms with Crippen LogP contribution in [-0.2, 0) is 4.79 Å². The van der Waals surface area contributed by atoms with E-state index in [1.165, 1.54) is 0 Å². The Balaban J connectivity index is 1.96. The van der Waals surface area contributed by atoms with Gasteiger partial charge in [-0.25, -0.2) is 0 Å². The Hall–Kier alpha value is -2.17. The van der Waals surface area contributed by atoms with Crippen LogP contribution in [0.4, 0.5) is 0 Å². The smallest absolute Gasteiger partial charge is 0.304 e. The molecule has 1 aliphatic carbocycles. The highest BCUT2D eigenvalue weighted by Crippen LogP contribution is 2.40. The van der Waals surface area contributed by atoms with E-state index < -0.39 is 5.97 Å². The van der Waals surface area contributed by atoms with Gasteiger partial charge in [-0.1, -0.05) is 24.3 Å². The van der Waals surface area contributed by atoms with Gasteiger partial charge in [0.1, 0.15) is 0 Å². The van der Waals surface area contributed by atoms with Gasteiger partial charge < -0.3 is 9.52 Å². The minimum Gasteiger partial charge on any atom is -0.481 e. The molecule has 1 heterocycles. The number of benzene rings is 1. The summed E-state index contributed by atoms with van der Waals surface area (Å²) in [7, 11) is 0. The summed E-state index contributed by atoms with van der Waals surface area (Å²) in [6.07, 6.45) is 2.11. The monoisotopic (exact) mass is 272 g/mol. The summed E-state index contributed by atoms with van der Waals surface area (Å²) in [5.74, 6) is 0.171. The minimum atomic E-state index is -0.871. The largest absolute Gasteiger partial charge is 0.481 e. The normalized spacial score (nSPS) is 16.1. The Bertz CT molecular complexity index is 632. The van der Waals surface area contributed by atoms with Crippen LogP contribution >= 0.6 is 0 Å². The molecule has 5 heteroatoms. The second-order valence-corrected chi connectivity index (χ2v) is 5.26. The number of carboxylic acids is 1. The van der Waals surface area contributed by atoms with E-state index in [1.807, 2.05) is 31.2 Å². The van der Waals surface area contributed by atoms with Crippen LogP contribution in [0.5, 0.6) is 0 Å². The number of carbonyl (C=O) groups is 1. The van der Waals surface area contributed by atoms with Crippen molar-refractivity contribution in [1.29, 1.82) is 0 Å². The van der Waals surface area contributed by atoms with Gasteiger partial charge in [-0.05, 0) is 30.9 Å². The van der Waals surface area contributed by atoms with E-state index in [-0.39, 0.29) is 12.3 Å². The second kappa shape index (κ2) is 5.07. The van der Waals surface area contributed by atoms with Crippen molar-refractivity contribution in [2.24, 2.45) is 0 Å². The average molecular weight is 272 g/mol. The molecule has 0 aliphatic heterocycles. The van der Waals surface area contributed by atoms with Crippen molar-refractivity contribution in [2.45, 2.75) is 38.0 Å². The number of nitrogens with zero attached hydrogens (tertiary/aromatic N) is 2. The Morgan fingerprint density at radius 1 is 1.40 bits per heavy atom. The van der Waals surface area contributed by atoms with Crippen molar-refractivity contribution in [2.75, 3.05) is 0 Å². The number of aromatic nitrogens is 2. The fraction of sp³-hybridized carbons (Fsp3) is 0.400. The Labute approximate surface area is 116 Å². The number of aryl methyl sites for hydroxylation is 1. The summed E-state index contributed by atoms with van der Waals surface area (Å²) >= 11 is 0. The van der Waals surface area contributed by atoms with E-state index in [1.54, 1.807) is 0 Å². The summed E-state index contributed by atoms with van der Waals surface area (Å²) < 4.78 is 5.69. The van der Waals surface area contributed by atoms with E-state index in [0.29, 0.717) is 17.7 Å². The third-order valence-corrected chi connectivity index (χ3v) is 3.62. The van der Waals surface area contributed by atoms with Gasteiger partial charge in [-0.2, -0.15) is 0 Å². The Morgan fingerprint density at radius 2 is 2.15 bits per heavy atom. The summed E-state index contributed by atoms with van der Waals surface area (Å²) in [4.78, 5) is 11.1. The van der Waals surface area contributed by atoms with Crippen LogP contribution in [0, 0.1) is 6.92 Å². The molecule has 0 radical (unpaired) electrons. The molecule has 20 heavy (non-hydrogen) atoms. The summed E-state index contributed by atoms with van der Waals surface area (Å²) in [6.45, 7) is 1.96. The summed E-state index contributed by atoms with van der Waals surface area (Å²) in [5.41, 5.74) is 1.96. The molecule has 0 bridgehead atoms. The zero-order valence-corrected chi connectivity index (χ0v) is 11.2. The quantitative estimate of drug-likeness (QED) is 0.905. The topological polar surface area (TPSA) is 76.2 Å². The van der Waals surface area contributed by atoms with Gasteiger partial charge in [0, 0.05) is 5.92 Å². The highest BCUT2D eigenvalue weighted by atomic mass is 16.4. The molecule has 5 nitrogen and oxygen atoms in total. The second-order valence-electron chi connectivity index (χ2n) is 5.26. The Kier molecular flexibility index (Phi) is 3.26. The van der Waals surface area contributed by atoms with E-state index in [9.17, 15) is 4.79 Å². The fourth-order valence-electron chi connectivity index (χ4n) is 2.37. The van der Waals surface area contributed by atoms with Gasteiger partial charge in [0.05, 0.1) is 12.3 Å². The highest BCUT2D eigenvalue weighted by molar-refractivity contribution is 5.68. The molecule has 2 aromatic rings. The van der Waals surface area contributed by atoms with E-state index >= 15 is 0 Å². The number of carboxylic acid groups (broad SMARTS) is 1. The lowest BCUT2D eigenvalue weighted by atomic mass is 9.92. The molecular formula is C15H16N2O3.